The Hall–Kier alpha value is -1.51. The zero-order valence-electron chi connectivity index (χ0n) is 11.9. The van der Waals surface area contributed by atoms with Crippen LogP contribution < -0.4 is 22.6 Å². The summed E-state index contributed by atoms with van der Waals surface area (Å²) in [6.07, 6.45) is -2.34. The summed E-state index contributed by atoms with van der Waals surface area (Å²) in [4.78, 5) is 11.5. The fourth-order valence-electron chi connectivity index (χ4n) is 2.47. The summed E-state index contributed by atoms with van der Waals surface area (Å²) in [6, 6.07) is 2.34. The highest BCUT2D eigenvalue weighted by molar-refractivity contribution is 7.79. The smallest absolute Gasteiger partial charge is 0.419 e. The van der Waals surface area contributed by atoms with E-state index >= 15 is 0 Å². The topological polar surface area (TPSA) is 33.5 Å². The van der Waals surface area contributed by atoms with E-state index in [1.807, 2.05) is 0 Å². The van der Waals surface area contributed by atoms with E-state index < -0.39 is 23.6 Å². The van der Waals surface area contributed by atoms with Crippen molar-refractivity contribution < 1.29 is 39.7 Å². The summed E-state index contributed by atoms with van der Waals surface area (Å²) in [5.74, 6) is -1.32. The maximum Gasteiger partial charge on any atom is 0.419 e. The average Bonchev–Trinajstić information content (AvgIpc) is 2.81. The minimum atomic E-state index is -4.78. The van der Waals surface area contributed by atoms with E-state index in [2.05, 4.69) is 5.32 Å². The highest BCUT2D eigenvalue weighted by Crippen LogP contribution is 2.33. The Morgan fingerprint density at radius 2 is 2.04 bits per heavy atom. The number of carbonyl (C=O) groups is 1. The number of benzene rings is 1. The van der Waals surface area contributed by atoms with Gasteiger partial charge in [-0.3, -0.25) is 4.79 Å². The second kappa shape index (κ2) is 7.37. The molecule has 3 nitrogen and oxygen atoms in total. The summed E-state index contributed by atoms with van der Waals surface area (Å²) < 4.78 is 51.9. The molecule has 0 spiro atoms. The van der Waals surface area contributed by atoms with Gasteiger partial charge in [-0.2, -0.15) is 13.2 Å². The van der Waals surface area contributed by atoms with Gasteiger partial charge in [0.15, 0.2) is 5.70 Å². The van der Waals surface area contributed by atoms with Crippen LogP contribution >= 0.6 is 12.2 Å². The molecule has 0 saturated heterocycles. The van der Waals surface area contributed by atoms with Gasteiger partial charge in [-0.05, 0) is 12.1 Å². The van der Waals surface area contributed by atoms with Crippen molar-refractivity contribution in [2.24, 2.45) is 0 Å². The van der Waals surface area contributed by atoms with Crippen LogP contribution in [0.1, 0.15) is 30.5 Å². The summed E-state index contributed by atoms with van der Waals surface area (Å²) in [6.45, 7) is 1.76. The zero-order chi connectivity index (χ0) is 16.5. The lowest BCUT2D eigenvalue weighted by Gasteiger charge is -2.23. The number of hydrogen-bond donors (Lipinski definition) is 2. The van der Waals surface area contributed by atoms with Crippen LogP contribution in [-0.4, -0.2) is 11.4 Å². The number of allylic oxidation sites excluding steroid dienone is 1. The van der Waals surface area contributed by atoms with Crippen molar-refractivity contribution in [2.75, 3.05) is 0 Å². The first kappa shape index (κ1) is 19.5. The lowest BCUT2D eigenvalue weighted by molar-refractivity contribution is -0.790. The average molecular weight is 369 g/mol. The van der Waals surface area contributed by atoms with Gasteiger partial charge in [0, 0.05) is 24.2 Å². The van der Waals surface area contributed by atoms with Crippen LogP contribution in [0.3, 0.4) is 0 Å². The molecule has 1 aliphatic rings. The summed E-state index contributed by atoms with van der Waals surface area (Å²) in [5.41, 5.74) is -0.752. The fourth-order valence-corrected chi connectivity index (χ4v) is 2.79. The summed E-state index contributed by atoms with van der Waals surface area (Å²) in [5, 5.41) is 3.01. The molecule has 2 N–H and O–H groups in total. The Labute approximate surface area is 141 Å². The molecule has 0 fully saturated rings. The largest absolute Gasteiger partial charge is 1.00 e. The van der Waals surface area contributed by atoms with Gasteiger partial charge in [0.1, 0.15) is 11.9 Å². The van der Waals surface area contributed by atoms with E-state index in [1.54, 1.807) is 6.92 Å². The Kier molecular flexibility index (Phi) is 6.26. The number of thiocarbonyl (C=S) groups is 1. The molecule has 126 valence electrons. The van der Waals surface area contributed by atoms with Gasteiger partial charge in [0.2, 0.25) is 6.29 Å². The summed E-state index contributed by atoms with van der Waals surface area (Å²) >= 11 is 5.10. The van der Waals surface area contributed by atoms with Crippen LogP contribution in [0, 0.1) is 5.82 Å². The van der Waals surface area contributed by atoms with Gasteiger partial charge in [0.25, 0.3) is 5.11 Å². The number of nitrogens with one attached hydrogen (secondary N) is 2. The van der Waals surface area contributed by atoms with Crippen LogP contribution in [0.25, 0.3) is 0 Å². The Balaban J connectivity index is 0.00000264. The predicted molar refractivity (Wildman–Crippen MR) is 75.3 cm³/mol. The van der Waals surface area contributed by atoms with Gasteiger partial charge in [-0.15, -0.1) is 0 Å². The van der Waals surface area contributed by atoms with E-state index in [0.717, 1.165) is 12.1 Å². The highest BCUT2D eigenvalue weighted by atomic mass is 35.5. The number of hydrogen-bond acceptors (Lipinski definition) is 2. The Bertz CT molecular complexity index is 648. The number of aldehydes is 1. The number of alkyl halides is 3. The number of rotatable bonds is 4. The number of carbonyl (C=O) groups excluding carboxylic acids is 1. The molecule has 1 aromatic rings. The van der Waals surface area contributed by atoms with Gasteiger partial charge < -0.3 is 17.7 Å². The molecule has 1 aliphatic heterocycles. The molecule has 23 heavy (non-hydrogen) atoms. The quantitative estimate of drug-likeness (QED) is 0.411. The van der Waals surface area contributed by atoms with Crippen LogP contribution in [0.15, 0.2) is 30.1 Å². The van der Waals surface area contributed by atoms with E-state index in [4.69, 9.17) is 12.2 Å². The van der Waals surface area contributed by atoms with Crippen molar-refractivity contribution in [1.82, 2.24) is 5.32 Å². The molecule has 0 aliphatic carbocycles. The monoisotopic (exact) mass is 368 g/mol. The van der Waals surface area contributed by atoms with Crippen molar-refractivity contribution in [2.45, 2.75) is 25.6 Å². The third kappa shape index (κ3) is 3.88. The molecule has 1 heterocycles. The van der Waals surface area contributed by atoms with Gasteiger partial charge in [-0.1, -0.05) is 13.0 Å². The predicted octanol–water partition coefficient (Wildman–Crippen LogP) is -0.887. The standard InChI is InChI=1S/C14H12F4N2OS.ClH/c1-2-12(20-9(7-21)6-19-13(20)22)8-3-4-11(15)10(5-8)14(16,17)18;/h3-7,12H,2H2,1H3,(H,19,22);1H. The van der Waals surface area contributed by atoms with Crippen molar-refractivity contribution in [3.05, 3.63) is 47.0 Å². The molecule has 2 unspecified atom stereocenters. The first-order valence-corrected chi connectivity index (χ1v) is 6.90. The second-order valence-corrected chi connectivity index (χ2v) is 5.21. The molecule has 2 atom stereocenters. The van der Waals surface area contributed by atoms with E-state index in [0.29, 0.717) is 28.4 Å². The van der Waals surface area contributed by atoms with Gasteiger partial charge >= 0.3 is 6.18 Å². The van der Waals surface area contributed by atoms with E-state index in [9.17, 15) is 22.4 Å². The maximum absolute atomic E-state index is 13.4. The number of halogens is 5. The van der Waals surface area contributed by atoms with Crippen molar-refractivity contribution >= 4 is 23.6 Å². The molecule has 0 aromatic heterocycles. The van der Waals surface area contributed by atoms with E-state index in [1.165, 1.54) is 12.3 Å². The lowest BCUT2D eigenvalue weighted by atomic mass is 9.99. The van der Waals surface area contributed by atoms with Gasteiger partial charge in [-0.25, -0.2) is 9.29 Å². The zero-order valence-corrected chi connectivity index (χ0v) is 13.4. The van der Waals surface area contributed by atoms with Crippen LogP contribution in [0.5, 0.6) is 0 Å². The minimum absolute atomic E-state index is 0. The molecule has 0 bridgehead atoms. The minimum Gasteiger partial charge on any atom is -1.00 e. The Morgan fingerprint density at radius 3 is 2.57 bits per heavy atom. The third-order valence-corrected chi connectivity index (χ3v) is 3.83. The van der Waals surface area contributed by atoms with Crippen molar-refractivity contribution in [3.8, 4) is 0 Å². The number of quaternary nitrogens is 1. The molecular weight excluding hydrogens is 356 g/mol. The van der Waals surface area contributed by atoms with Crippen LogP contribution in [-0.2, 0) is 11.0 Å². The Morgan fingerprint density at radius 1 is 1.39 bits per heavy atom. The van der Waals surface area contributed by atoms with Gasteiger partial charge in [0.05, 0.1) is 11.8 Å². The van der Waals surface area contributed by atoms with Crippen LogP contribution in [0.2, 0.25) is 0 Å². The molecule has 0 radical (unpaired) electrons. The molecule has 0 saturated carbocycles. The van der Waals surface area contributed by atoms with Crippen LogP contribution in [0.4, 0.5) is 17.6 Å². The molecule has 0 amide bonds. The molecular formula is C14H13ClF4N2OS. The van der Waals surface area contributed by atoms with E-state index in [-0.39, 0.29) is 18.0 Å². The lowest BCUT2D eigenvalue weighted by Crippen LogP contribution is -3.12. The summed E-state index contributed by atoms with van der Waals surface area (Å²) in [7, 11) is 0. The second-order valence-electron chi connectivity index (χ2n) is 4.80. The first-order valence-electron chi connectivity index (χ1n) is 6.49. The highest BCUT2D eigenvalue weighted by Gasteiger charge is 2.38. The molecule has 9 heteroatoms. The third-order valence-electron chi connectivity index (χ3n) is 3.50. The normalized spacial score (nSPS) is 18.7. The SMILES string of the molecule is CCC(c1ccc(F)c(C(F)(F)F)c1)[NH+]1C(=S)NC=C1C=O.[Cl-]. The molecule has 2 rings (SSSR count). The van der Waals surface area contributed by atoms with Crippen molar-refractivity contribution in [3.63, 3.8) is 0 Å². The molecule has 1 aromatic carbocycles. The maximum atomic E-state index is 13.4. The first-order chi connectivity index (χ1) is 10.3. The van der Waals surface area contributed by atoms with Crippen molar-refractivity contribution in [1.29, 1.82) is 0 Å². The fraction of sp³-hybridized carbons (Fsp3) is 0.286.